The number of carbonyl (C=O) groups excluding carboxylic acids is 1. The Bertz CT molecular complexity index is 689. The zero-order valence-corrected chi connectivity index (χ0v) is 15.3. The summed E-state index contributed by atoms with van der Waals surface area (Å²) in [6.45, 7) is 4.60. The number of anilines is 1. The number of nitrogens with two attached hydrogens (primary N) is 1. The minimum atomic E-state index is -0.364. The van der Waals surface area contributed by atoms with Gasteiger partial charge in [-0.2, -0.15) is 0 Å². The lowest BCUT2D eigenvalue weighted by Gasteiger charge is -2.20. The summed E-state index contributed by atoms with van der Waals surface area (Å²) in [6, 6.07) is 15.3. The Hall–Kier alpha value is -2.37. The molecule has 5 nitrogen and oxygen atoms in total. The Labute approximate surface area is 149 Å². The Morgan fingerprint density at radius 3 is 2.52 bits per heavy atom. The Kier molecular flexibility index (Phi) is 6.98. The van der Waals surface area contributed by atoms with E-state index in [2.05, 4.69) is 5.32 Å². The van der Waals surface area contributed by atoms with Gasteiger partial charge in [-0.25, -0.2) is 0 Å². The molecule has 2 aromatic rings. The highest BCUT2D eigenvalue weighted by Gasteiger charge is 2.27. The van der Waals surface area contributed by atoms with Gasteiger partial charge in [-0.15, -0.1) is 0 Å². The number of nitrogens with one attached hydrogen (secondary N) is 1. The number of hydrogen-bond donors (Lipinski definition) is 2. The quantitative estimate of drug-likeness (QED) is 0.773. The van der Waals surface area contributed by atoms with E-state index in [1.54, 1.807) is 14.2 Å². The molecule has 0 aliphatic heterocycles. The lowest BCUT2D eigenvalue weighted by Crippen LogP contribution is -2.92. The molecule has 0 saturated carbocycles. The molecule has 0 radical (unpaired) electrons. The second-order valence-electron chi connectivity index (χ2n) is 6.21. The maximum atomic E-state index is 13.0. The van der Waals surface area contributed by atoms with Crippen LogP contribution in [0.2, 0.25) is 0 Å². The SMILES string of the molecule is COC[C@@H](C)[NH2+][C@H](C(=O)Nc1cc(C)ccc1OC)c1ccccc1. The average molecular weight is 343 g/mol. The Morgan fingerprint density at radius 2 is 1.88 bits per heavy atom. The molecule has 2 aromatic carbocycles. The van der Waals surface area contributed by atoms with Crippen LogP contribution in [0.15, 0.2) is 48.5 Å². The van der Waals surface area contributed by atoms with Crippen molar-refractivity contribution in [3.05, 3.63) is 59.7 Å². The van der Waals surface area contributed by atoms with E-state index < -0.39 is 0 Å². The van der Waals surface area contributed by atoms with E-state index in [1.165, 1.54) is 0 Å². The van der Waals surface area contributed by atoms with Gasteiger partial charge in [0.15, 0.2) is 6.04 Å². The third kappa shape index (κ3) is 5.31. The van der Waals surface area contributed by atoms with Crippen molar-refractivity contribution >= 4 is 11.6 Å². The number of hydrogen-bond acceptors (Lipinski definition) is 3. The zero-order chi connectivity index (χ0) is 18.2. The summed E-state index contributed by atoms with van der Waals surface area (Å²) in [7, 11) is 3.27. The van der Waals surface area contributed by atoms with Gasteiger partial charge in [-0.1, -0.05) is 36.4 Å². The molecule has 0 aromatic heterocycles. The number of quaternary nitrogens is 1. The van der Waals surface area contributed by atoms with E-state index >= 15 is 0 Å². The van der Waals surface area contributed by atoms with E-state index in [0.29, 0.717) is 18.0 Å². The molecule has 0 aliphatic carbocycles. The van der Waals surface area contributed by atoms with Crippen molar-refractivity contribution in [1.82, 2.24) is 0 Å². The summed E-state index contributed by atoms with van der Waals surface area (Å²) in [5.41, 5.74) is 2.69. The lowest BCUT2D eigenvalue weighted by molar-refractivity contribution is -0.713. The van der Waals surface area contributed by atoms with Gasteiger partial charge in [-0.3, -0.25) is 4.79 Å². The molecule has 25 heavy (non-hydrogen) atoms. The zero-order valence-electron chi connectivity index (χ0n) is 15.3. The molecule has 0 saturated heterocycles. The third-order valence-corrected chi connectivity index (χ3v) is 4.00. The van der Waals surface area contributed by atoms with Gasteiger partial charge in [0.05, 0.1) is 19.4 Å². The number of amides is 1. The molecule has 1 amide bonds. The number of aryl methyl sites for hydroxylation is 1. The van der Waals surface area contributed by atoms with Crippen LogP contribution in [-0.2, 0) is 9.53 Å². The summed E-state index contributed by atoms with van der Waals surface area (Å²) in [4.78, 5) is 13.0. The second-order valence-corrected chi connectivity index (χ2v) is 6.21. The van der Waals surface area contributed by atoms with Gasteiger partial charge in [0.2, 0.25) is 0 Å². The van der Waals surface area contributed by atoms with Crippen LogP contribution in [-0.4, -0.2) is 32.8 Å². The van der Waals surface area contributed by atoms with Crippen molar-refractivity contribution in [3.8, 4) is 5.75 Å². The minimum Gasteiger partial charge on any atom is -0.495 e. The molecule has 2 rings (SSSR count). The van der Waals surface area contributed by atoms with Crippen LogP contribution in [0.4, 0.5) is 5.69 Å². The minimum absolute atomic E-state index is 0.0851. The van der Waals surface area contributed by atoms with E-state index in [4.69, 9.17) is 9.47 Å². The standard InChI is InChI=1S/C20H26N2O3/c1-14-10-11-18(25-4)17(12-14)22-20(23)19(21-15(2)13-24-3)16-8-6-5-7-9-16/h5-12,15,19,21H,13H2,1-4H3,(H,22,23)/p+1/t15-,19+/m1/s1. The normalized spacial score (nSPS) is 13.1. The van der Waals surface area contributed by atoms with E-state index in [1.807, 2.05) is 67.7 Å². The Morgan fingerprint density at radius 1 is 1.16 bits per heavy atom. The maximum absolute atomic E-state index is 13.0. The molecule has 0 unspecified atom stereocenters. The lowest BCUT2D eigenvalue weighted by atomic mass is 10.0. The molecule has 0 bridgehead atoms. The van der Waals surface area contributed by atoms with Crippen LogP contribution >= 0.6 is 0 Å². The van der Waals surface area contributed by atoms with Crippen LogP contribution < -0.4 is 15.4 Å². The van der Waals surface area contributed by atoms with Gasteiger partial charge >= 0.3 is 0 Å². The topological polar surface area (TPSA) is 64.2 Å². The van der Waals surface area contributed by atoms with Gasteiger partial charge in [-0.05, 0) is 31.5 Å². The number of carbonyl (C=O) groups is 1. The van der Waals surface area contributed by atoms with Crippen molar-refractivity contribution in [2.45, 2.75) is 25.9 Å². The first-order chi connectivity index (χ1) is 12.0. The third-order valence-electron chi connectivity index (χ3n) is 4.00. The molecule has 0 fully saturated rings. The molecule has 134 valence electrons. The number of ether oxygens (including phenoxy) is 2. The van der Waals surface area contributed by atoms with Crippen molar-refractivity contribution < 1.29 is 19.6 Å². The predicted molar refractivity (Wildman–Crippen MR) is 98.8 cm³/mol. The van der Waals surface area contributed by atoms with Crippen LogP contribution in [0, 0.1) is 6.92 Å². The van der Waals surface area contributed by atoms with E-state index in [9.17, 15) is 4.79 Å². The molecule has 0 aliphatic rings. The van der Waals surface area contributed by atoms with E-state index in [-0.39, 0.29) is 18.0 Å². The Balaban J connectivity index is 2.25. The van der Waals surface area contributed by atoms with Crippen LogP contribution in [0.3, 0.4) is 0 Å². The smallest absolute Gasteiger partial charge is 0.287 e. The van der Waals surface area contributed by atoms with Gasteiger partial charge in [0, 0.05) is 12.7 Å². The van der Waals surface area contributed by atoms with Gasteiger partial charge in [0.1, 0.15) is 11.8 Å². The molecule has 3 N–H and O–H groups in total. The highest BCUT2D eigenvalue weighted by atomic mass is 16.5. The monoisotopic (exact) mass is 343 g/mol. The molecule has 2 atom stereocenters. The molecular weight excluding hydrogens is 316 g/mol. The number of methoxy groups -OCH3 is 2. The summed E-state index contributed by atoms with van der Waals surface area (Å²) in [5, 5.41) is 5.04. The van der Waals surface area contributed by atoms with Crippen molar-refractivity contribution in [2.75, 3.05) is 26.1 Å². The fourth-order valence-electron chi connectivity index (χ4n) is 2.79. The maximum Gasteiger partial charge on any atom is 0.287 e. The summed E-state index contributed by atoms with van der Waals surface area (Å²) >= 11 is 0. The second kappa shape index (κ2) is 9.20. The van der Waals surface area contributed by atoms with Crippen LogP contribution in [0.25, 0.3) is 0 Å². The van der Waals surface area contributed by atoms with Gasteiger partial charge < -0.3 is 20.1 Å². The first-order valence-corrected chi connectivity index (χ1v) is 8.39. The first-order valence-electron chi connectivity index (χ1n) is 8.39. The highest BCUT2D eigenvalue weighted by Crippen LogP contribution is 2.26. The molecule has 0 heterocycles. The predicted octanol–water partition coefficient (Wildman–Crippen LogP) is 2.28. The van der Waals surface area contributed by atoms with Crippen molar-refractivity contribution in [3.63, 3.8) is 0 Å². The van der Waals surface area contributed by atoms with Gasteiger partial charge in [0.25, 0.3) is 5.91 Å². The van der Waals surface area contributed by atoms with Crippen LogP contribution in [0.5, 0.6) is 5.75 Å². The fourth-order valence-corrected chi connectivity index (χ4v) is 2.79. The van der Waals surface area contributed by atoms with Crippen molar-refractivity contribution in [1.29, 1.82) is 0 Å². The summed E-state index contributed by atoms with van der Waals surface area (Å²) in [6.07, 6.45) is 0. The average Bonchev–Trinajstić information content (AvgIpc) is 2.61. The first kappa shape index (κ1) is 19.0. The van der Waals surface area contributed by atoms with E-state index in [0.717, 1.165) is 11.1 Å². The fraction of sp³-hybridized carbons (Fsp3) is 0.350. The van der Waals surface area contributed by atoms with Crippen molar-refractivity contribution in [2.24, 2.45) is 0 Å². The molecular formula is C20H27N2O3+. The largest absolute Gasteiger partial charge is 0.495 e. The number of rotatable bonds is 8. The molecule has 0 spiro atoms. The number of benzene rings is 2. The highest BCUT2D eigenvalue weighted by molar-refractivity contribution is 5.95. The summed E-state index contributed by atoms with van der Waals surface area (Å²) in [5.74, 6) is 0.564. The molecule has 5 heteroatoms. The summed E-state index contributed by atoms with van der Waals surface area (Å²) < 4.78 is 10.6. The van der Waals surface area contributed by atoms with Crippen LogP contribution in [0.1, 0.15) is 24.1 Å².